The summed E-state index contributed by atoms with van der Waals surface area (Å²) >= 11 is 0. The first kappa shape index (κ1) is 13.7. The summed E-state index contributed by atoms with van der Waals surface area (Å²) in [4.78, 5) is 0. The summed E-state index contributed by atoms with van der Waals surface area (Å²) in [5.74, 6) is 0. The highest BCUT2D eigenvalue weighted by Crippen LogP contribution is 2.28. The number of rotatable bonds is 3. The Morgan fingerprint density at radius 3 is 2.58 bits per heavy atom. The van der Waals surface area contributed by atoms with Crippen LogP contribution in [-0.4, -0.2) is 17.3 Å². The monoisotopic (exact) mass is 259 g/mol. The average molecular weight is 259 g/mol. The molecule has 4 N–H and O–H groups in total. The zero-order chi connectivity index (χ0) is 13.7. The minimum absolute atomic E-state index is 0.492. The van der Waals surface area contributed by atoms with Crippen LogP contribution in [0.25, 0.3) is 0 Å². The van der Waals surface area contributed by atoms with Gasteiger partial charge in [-0.25, -0.2) is 0 Å². The van der Waals surface area contributed by atoms with Gasteiger partial charge in [-0.15, -0.1) is 0 Å². The molecule has 1 aliphatic rings. The summed E-state index contributed by atoms with van der Waals surface area (Å²) in [5.41, 5.74) is 7.15. The summed E-state index contributed by atoms with van der Waals surface area (Å²) in [7, 11) is 0. The molecule has 2 rings (SSSR count). The van der Waals surface area contributed by atoms with E-state index in [1.54, 1.807) is 18.2 Å². The third-order valence-corrected chi connectivity index (χ3v) is 3.82. The fourth-order valence-corrected chi connectivity index (χ4v) is 2.60. The maximum absolute atomic E-state index is 10.6. The molecule has 1 aromatic rings. The number of hydrogen-bond acceptors (Lipinski definition) is 4. The lowest BCUT2D eigenvalue weighted by atomic mass is 9.94. The van der Waals surface area contributed by atoms with Gasteiger partial charge in [0.2, 0.25) is 0 Å². The minimum atomic E-state index is -0.647. The topological polar surface area (TPSA) is 82.1 Å². The van der Waals surface area contributed by atoms with E-state index in [1.807, 2.05) is 0 Å². The van der Waals surface area contributed by atoms with E-state index in [0.717, 1.165) is 31.4 Å². The first-order valence-electron chi connectivity index (χ1n) is 6.89. The van der Waals surface area contributed by atoms with Gasteiger partial charge in [-0.3, -0.25) is 0 Å². The summed E-state index contributed by atoms with van der Waals surface area (Å²) in [6.45, 7) is 0.492. The molecule has 0 bridgehead atoms. The number of hydrogen-bond donors (Lipinski definition) is 3. The Hall–Kier alpha value is -1.73. The van der Waals surface area contributed by atoms with Gasteiger partial charge in [0.25, 0.3) is 0 Å². The lowest BCUT2D eigenvalue weighted by molar-refractivity contribution is 0.0381. The number of nitrogens with two attached hydrogens (primary N) is 1. The zero-order valence-electron chi connectivity index (χ0n) is 11.2. The average Bonchev–Trinajstić information content (AvgIpc) is 2.63. The van der Waals surface area contributed by atoms with Crippen LogP contribution in [0.4, 0.5) is 11.4 Å². The van der Waals surface area contributed by atoms with Gasteiger partial charge in [0.05, 0.1) is 28.6 Å². The molecular formula is C15H21N3O. The highest BCUT2D eigenvalue weighted by molar-refractivity contribution is 5.68. The Kier molecular flexibility index (Phi) is 4.28. The van der Waals surface area contributed by atoms with Gasteiger partial charge < -0.3 is 16.2 Å². The molecule has 1 aromatic carbocycles. The van der Waals surface area contributed by atoms with Gasteiger partial charge >= 0.3 is 0 Å². The second kappa shape index (κ2) is 5.94. The normalized spacial score (nSPS) is 18.3. The molecule has 102 valence electrons. The van der Waals surface area contributed by atoms with E-state index >= 15 is 0 Å². The van der Waals surface area contributed by atoms with Crippen LogP contribution in [0.2, 0.25) is 0 Å². The largest absolute Gasteiger partial charge is 0.397 e. The Morgan fingerprint density at radius 2 is 1.95 bits per heavy atom. The van der Waals surface area contributed by atoms with Gasteiger partial charge in [-0.05, 0) is 31.0 Å². The van der Waals surface area contributed by atoms with Crippen molar-refractivity contribution >= 4 is 11.4 Å². The molecule has 4 nitrogen and oxygen atoms in total. The molecule has 1 fully saturated rings. The number of nitriles is 1. The van der Waals surface area contributed by atoms with E-state index < -0.39 is 5.60 Å². The van der Waals surface area contributed by atoms with Gasteiger partial charge in [0.15, 0.2) is 0 Å². The highest BCUT2D eigenvalue weighted by atomic mass is 16.3. The Bertz CT molecular complexity index is 471. The quantitative estimate of drug-likeness (QED) is 0.575. The zero-order valence-corrected chi connectivity index (χ0v) is 11.2. The van der Waals surface area contributed by atoms with Crippen LogP contribution in [0.1, 0.15) is 44.1 Å². The van der Waals surface area contributed by atoms with Gasteiger partial charge in [0.1, 0.15) is 0 Å². The predicted molar refractivity (Wildman–Crippen MR) is 76.7 cm³/mol. The molecule has 0 heterocycles. The van der Waals surface area contributed by atoms with Crippen LogP contribution < -0.4 is 11.1 Å². The fourth-order valence-electron chi connectivity index (χ4n) is 2.60. The van der Waals surface area contributed by atoms with Crippen molar-refractivity contribution in [1.29, 1.82) is 5.26 Å². The van der Waals surface area contributed by atoms with E-state index in [2.05, 4.69) is 11.4 Å². The van der Waals surface area contributed by atoms with Crippen molar-refractivity contribution in [3.63, 3.8) is 0 Å². The van der Waals surface area contributed by atoms with Gasteiger partial charge in [-0.1, -0.05) is 25.7 Å². The lowest BCUT2D eigenvalue weighted by Gasteiger charge is -2.27. The molecule has 0 spiro atoms. The van der Waals surface area contributed by atoms with E-state index in [4.69, 9.17) is 11.0 Å². The Labute approximate surface area is 114 Å². The molecule has 19 heavy (non-hydrogen) atoms. The molecule has 4 heteroatoms. The first-order chi connectivity index (χ1) is 9.13. The summed E-state index contributed by atoms with van der Waals surface area (Å²) in [6, 6.07) is 7.24. The van der Waals surface area contributed by atoms with Gasteiger partial charge in [-0.2, -0.15) is 5.26 Å². The number of aliphatic hydroxyl groups is 1. The molecule has 1 aliphatic carbocycles. The SMILES string of the molecule is N#Cc1ccc(N)c(NCC2(O)CCCCCC2)c1. The number of nitrogen functional groups attached to an aromatic ring is 1. The molecule has 1 saturated carbocycles. The van der Waals surface area contributed by atoms with Crippen LogP contribution in [0.15, 0.2) is 18.2 Å². The van der Waals surface area contributed by atoms with E-state index in [9.17, 15) is 5.11 Å². The first-order valence-corrected chi connectivity index (χ1v) is 6.89. The van der Waals surface area contributed by atoms with Crippen LogP contribution in [0.3, 0.4) is 0 Å². The van der Waals surface area contributed by atoms with Crippen LogP contribution in [0, 0.1) is 11.3 Å². The number of benzene rings is 1. The molecular weight excluding hydrogens is 238 g/mol. The number of nitrogens with zero attached hydrogens (tertiary/aromatic N) is 1. The standard InChI is InChI=1S/C15H21N3O/c16-10-12-5-6-13(17)14(9-12)18-11-15(19)7-3-1-2-4-8-15/h5-6,9,18-19H,1-4,7-8,11,17H2. The van der Waals surface area contributed by atoms with Crippen molar-refractivity contribution in [2.45, 2.75) is 44.1 Å². The molecule has 0 amide bonds. The number of nitrogens with one attached hydrogen (secondary N) is 1. The van der Waals surface area contributed by atoms with Gasteiger partial charge in [0, 0.05) is 6.54 Å². The van der Waals surface area contributed by atoms with Crippen molar-refractivity contribution in [3.05, 3.63) is 23.8 Å². The minimum Gasteiger partial charge on any atom is -0.397 e. The van der Waals surface area contributed by atoms with Crippen molar-refractivity contribution in [1.82, 2.24) is 0 Å². The maximum Gasteiger partial charge on any atom is 0.0992 e. The third kappa shape index (κ3) is 3.62. The summed E-state index contributed by atoms with van der Waals surface area (Å²) < 4.78 is 0. The predicted octanol–water partition coefficient (Wildman–Crippen LogP) is 2.64. The van der Waals surface area contributed by atoms with E-state index in [0.29, 0.717) is 17.8 Å². The maximum atomic E-state index is 10.6. The lowest BCUT2D eigenvalue weighted by Crippen LogP contribution is -2.36. The van der Waals surface area contributed by atoms with E-state index in [-0.39, 0.29) is 0 Å². The van der Waals surface area contributed by atoms with Crippen molar-refractivity contribution in [2.75, 3.05) is 17.6 Å². The van der Waals surface area contributed by atoms with Crippen LogP contribution >= 0.6 is 0 Å². The van der Waals surface area contributed by atoms with Crippen molar-refractivity contribution < 1.29 is 5.11 Å². The molecule has 0 radical (unpaired) electrons. The van der Waals surface area contributed by atoms with Crippen molar-refractivity contribution in [3.8, 4) is 6.07 Å². The molecule has 0 aromatic heterocycles. The second-order valence-electron chi connectivity index (χ2n) is 5.41. The highest BCUT2D eigenvalue weighted by Gasteiger charge is 2.27. The molecule has 0 saturated heterocycles. The fraction of sp³-hybridized carbons (Fsp3) is 0.533. The number of anilines is 2. The molecule has 0 atom stereocenters. The third-order valence-electron chi connectivity index (χ3n) is 3.82. The summed E-state index contributed by atoms with van der Waals surface area (Å²) in [5, 5.41) is 22.7. The van der Waals surface area contributed by atoms with Crippen LogP contribution in [0.5, 0.6) is 0 Å². The summed E-state index contributed by atoms with van der Waals surface area (Å²) in [6.07, 6.45) is 6.22. The van der Waals surface area contributed by atoms with Crippen molar-refractivity contribution in [2.24, 2.45) is 0 Å². The smallest absolute Gasteiger partial charge is 0.0992 e. The van der Waals surface area contributed by atoms with E-state index in [1.165, 1.54) is 12.8 Å². The molecule has 0 unspecified atom stereocenters. The Balaban J connectivity index is 2.03. The Morgan fingerprint density at radius 1 is 1.26 bits per heavy atom. The second-order valence-corrected chi connectivity index (χ2v) is 5.41. The molecule has 0 aliphatic heterocycles. The van der Waals surface area contributed by atoms with Crippen LogP contribution in [-0.2, 0) is 0 Å².